The second-order valence-corrected chi connectivity index (χ2v) is 6.93. The molecule has 0 aliphatic rings. The van der Waals surface area contributed by atoms with Gasteiger partial charge in [0.2, 0.25) is 0 Å². The SMILES string of the molecule is COc1cncc(-c2ccc3[nH]nc(-c4nc5c(-c6ccoc6)ccnc5[nH]4)c3n2)c1. The molecule has 0 bridgehead atoms. The Morgan fingerprint density at radius 3 is 2.84 bits per heavy atom. The number of rotatable bonds is 4. The van der Waals surface area contributed by atoms with Gasteiger partial charge in [0, 0.05) is 29.1 Å². The molecule has 0 amide bonds. The van der Waals surface area contributed by atoms with Crippen molar-refractivity contribution in [1.82, 2.24) is 35.1 Å². The standard InChI is InChI=1S/C22H15N7O2/c1-30-14-8-13(9-23-10-14)16-2-3-17-19(25-16)20(29-28-17)22-26-18-15(12-5-7-31-11-12)4-6-24-21(18)27-22/h2-11H,1H3,(H,28,29)(H,24,26,27). The maximum atomic E-state index is 5.28. The van der Waals surface area contributed by atoms with Crippen molar-refractivity contribution in [2.45, 2.75) is 0 Å². The first-order valence-corrected chi connectivity index (χ1v) is 9.52. The fourth-order valence-electron chi connectivity index (χ4n) is 3.57. The molecule has 0 saturated heterocycles. The van der Waals surface area contributed by atoms with Gasteiger partial charge in [0.25, 0.3) is 0 Å². The Hall–Kier alpha value is -4.53. The van der Waals surface area contributed by atoms with Crippen LogP contribution in [0.2, 0.25) is 0 Å². The van der Waals surface area contributed by atoms with Crippen molar-refractivity contribution < 1.29 is 9.15 Å². The maximum Gasteiger partial charge on any atom is 0.162 e. The first-order valence-electron chi connectivity index (χ1n) is 9.52. The highest BCUT2D eigenvalue weighted by Gasteiger charge is 2.17. The summed E-state index contributed by atoms with van der Waals surface area (Å²) in [5.74, 6) is 1.25. The summed E-state index contributed by atoms with van der Waals surface area (Å²) in [4.78, 5) is 21.5. The molecule has 0 saturated carbocycles. The summed E-state index contributed by atoms with van der Waals surface area (Å²) in [7, 11) is 1.61. The number of fused-ring (bicyclic) bond motifs is 2. The predicted octanol–water partition coefficient (Wildman–Crippen LogP) is 4.23. The Balaban J connectivity index is 1.50. The van der Waals surface area contributed by atoms with Gasteiger partial charge in [-0.1, -0.05) is 0 Å². The third-order valence-electron chi connectivity index (χ3n) is 5.09. The van der Waals surface area contributed by atoms with E-state index in [2.05, 4.69) is 25.1 Å². The lowest BCUT2D eigenvalue weighted by Gasteiger charge is -2.03. The number of imidazole rings is 1. The molecule has 9 heteroatoms. The van der Waals surface area contributed by atoms with Gasteiger partial charge in [0.15, 0.2) is 17.2 Å². The van der Waals surface area contributed by atoms with Crippen LogP contribution in [-0.2, 0) is 0 Å². The average Bonchev–Trinajstić information content (AvgIpc) is 3.57. The molecule has 0 radical (unpaired) electrons. The minimum atomic E-state index is 0.582. The number of hydrogen-bond donors (Lipinski definition) is 2. The van der Waals surface area contributed by atoms with E-state index in [1.54, 1.807) is 38.2 Å². The first kappa shape index (κ1) is 17.3. The monoisotopic (exact) mass is 409 g/mol. The summed E-state index contributed by atoms with van der Waals surface area (Å²) in [5.41, 5.74) is 6.99. The van der Waals surface area contributed by atoms with Crippen LogP contribution in [-0.4, -0.2) is 42.2 Å². The van der Waals surface area contributed by atoms with Crippen molar-refractivity contribution in [2.24, 2.45) is 0 Å². The van der Waals surface area contributed by atoms with Gasteiger partial charge in [-0.2, -0.15) is 5.10 Å². The molecular weight excluding hydrogens is 394 g/mol. The fourth-order valence-corrected chi connectivity index (χ4v) is 3.57. The molecule has 0 aliphatic heterocycles. The van der Waals surface area contributed by atoms with Crippen molar-refractivity contribution in [3.8, 4) is 39.7 Å². The van der Waals surface area contributed by atoms with Gasteiger partial charge in [-0.3, -0.25) is 10.1 Å². The molecule has 31 heavy (non-hydrogen) atoms. The Bertz CT molecular complexity index is 1530. The molecule has 150 valence electrons. The lowest BCUT2D eigenvalue weighted by Crippen LogP contribution is -1.89. The molecule has 6 aromatic heterocycles. The summed E-state index contributed by atoms with van der Waals surface area (Å²) in [5, 5.41) is 7.48. The minimum absolute atomic E-state index is 0.582. The highest BCUT2D eigenvalue weighted by atomic mass is 16.5. The zero-order valence-electron chi connectivity index (χ0n) is 16.3. The first-order chi connectivity index (χ1) is 15.3. The third-order valence-corrected chi connectivity index (χ3v) is 5.09. The zero-order valence-corrected chi connectivity index (χ0v) is 16.3. The maximum absolute atomic E-state index is 5.28. The van der Waals surface area contributed by atoms with Gasteiger partial charge >= 0.3 is 0 Å². The van der Waals surface area contributed by atoms with Crippen LogP contribution < -0.4 is 4.74 Å². The van der Waals surface area contributed by atoms with Crippen LogP contribution in [0.4, 0.5) is 0 Å². The normalized spacial score (nSPS) is 11.4. The highest BCUT2D eigenvalue weighted by molar-refractivity contribution is 5.94. The Kier molecular flexibility index (Phi) is 3.79. The van der Waals surface area contributed by atoms with Crippen LogP contribution in [0, 0.1) is 0 Å². The number of pyridine rings is 3. The van der Waals surface area contributed by atoms with E-state index in [9.17, 15) is 0 Å². The zero-order chi connectivity index (χ0) is 20.8. The Morgan fingerprint density at radius 2 is 1.97 bits per heavy atom. The number of aromatic amines is 2. The molecule has 0 aromatic carbocycles. The van der Waals surface area contributed by atoms with Gasteiger partial charge in [-0.15, -0.1) is 0 Å². The summed E-state index contributed by atoms with van der Waals surface area (Å²) in [6, 6.07) is 9.54. The number of hydrogen-bond acceptors (Lipinski definition) is 7. The summed E-state index contributed by atoms with van der Waals surface area (Å²) in [6.07, 6.45) is 8.46. The second kappa shape index (κ2) is 6.77. The topological polar surface area (TPSA) is 118 Å². The minimum Gasteiger partial charge on any atom is -0.495 e. The number of methoxy groups -OCH3 is 1. The largest absolute Gasteiger partial charge is 0.495 e. The molecule has 6 heterocycles. The number of aromatic nitrogens is 7. The van der Waals surface area contributed by atoms with E-state index in [4.69, 9.17) is 19.1 Å². The predicted molar refractivity (Wildman–Crippen MR) is 114 cm³/mol. The smallest absolute Gasteiger partial charge is 0.162 e. The van der Waals surface area contributed by atoms with Gasteiger partial charge in [-0.05, 0) is 30.3 Å². The average molecular weight is 409 g/mol. The van der Waals surface area contributed by atoms with Crippen molar-refractivity contribution in [2.75, 3.05) is 7.11 Å². The molecule has 9 nitrogen and oxygen atoms in total. The number of ether oxygens (including phenoxy) is 1. The Labute approximate surface area is 175 Å². The quantitative estimate of drug-likeness (QED) is 0.447. The van der Waals surface area contributed by atoms with Crippen LogP contribution in [0.1, 0.15) is 0 Å². The van der Waals surface area contributed by atoms with Crippen molar-refractivity contribution >= 4 is 22.2 Å². The van der Waals surface area contributed by atoms with Crippen molar-refractivity contribution in [3.05, 3.63) is 61.4 Å². The molecular formula is C22H15N7O2. The highest BCUT2D eigenvalue weighted by Crippen LogP contribution is 2.31. The van der Waals surface area contributed by atoms with Crippen LogP contribution in [0.3, 0.4) is 0 Å². The van der Waals surface area contributed by atoms with E-state index < -0.39 is 0 Å². The number of nitrogens with one attached hydrogen (secondary N) is 2. The van der Waals surface area contributed by atoms with E-state index >= 15 is 0 Å². The fraction of sp³-hybridized carbons (Fsp3) is 0.0455. The third kappa shape index (κ3) is 2.83. The molecule has 0 fully saturated rings. The molecule has 0 atom stereocenters. The van der Waals surface area contributed by atoms with Crippen molar-refractivity contribution in [1.29, 1.82) is 0 Å². The lowest BCUT2D eigenvalue weighted by atomic mass is 10.1. The summed E-state index contributed by atoms with van der Waals surface area (Å²) in [6.45, 7) is 0. The van der Waals surface area contributed by atoms with Crippen LogP contribution in [0.5, 0.6) is 5.75 Å². The number of nitrogens with zero attached hydrogens (tertiary/aromatic N) is 5. The van der Waals surface area contributed by atoms with Crippen LogP contribution >= 0.6 is 0 Å². The molecule has 6 aromatic rings. The summed E-state index contributed by atoms with van der Waals surface area (Å²) >= 11 is 0. The van der Waals surface area contributed by atoms with Crippen LogP contribution in [0.15, 0.2) is 65.9 Å². The molecule has 6 rings (SSSR count). The summed E-state index contributed by atoms with van der Waals surface area (Å²) < 4.78 is 10.5. The lowest BCUT2D eigenvalue weighted by molar-refractivity contribution is 0.413. The van der Waals surface area contributed by atoms with E-state index in [1.165, 1.54) is 0 Å². The van der Waals surface area contributed by atoms with Gasteiger partial charge < -0.3 is 14.1 Å². The van der Waals surface area contributed by atoms with Gasteiger partial charge in [0.05, 0.1) is 37.0 Å². The van der Waals surface area contributed by atoms with Crippen LogP contribution in [0.25, 0.3) is 56.1 Å². The number of furan rings is 1. The number of H-pyrrole nitrogens is 2. The molecule has 0 spiro atoms. The second-order valence-electron chi connectivity index (χ2n) is 6.93. The molecule has 2 N–H and O–H groups in total. The molecule has 0 aliphatic carbocycles. The van der Waals surface area contributed by atoms with Gasteiger partial charge in [-0.25, -0.2) is 15.0 Å². The van der Waals surface area contributed by atoms with E-state index in [1.807, 2.05) is 30.3 Å². The van der Waals surface area contributed by atoms with Gasteiger partial charge in [0.1, 0.15) is 16.8 Å². The molecule has 0 unspecified atom stereocenters. The van der Waals surface area contributed by atoms with E-state index in [-0.39, 0.29) is 0 Å². The van der Waals surface area contributed by atoms with E-state index in [0.717, 1.165) is 33.4 Å². The Morgan fingerprint density at radius 1 is 1.00 bits per heavy atom. The van der Waals surface area contributed by atoms with Crippen molar-refractivity contribution in [3.63, 3.8) is 0 Å². The van der Waals surface area contributed by atoms with E-state index in [0.29, 0.717) is 28.4 Å².